The Balaban J connectivity index is 0.00000312. The van der Waals surface area contributed by atoms with Gasteiger partial charge in [0.2, 0.25) is 5.91 Å². The van der Waals surface area contributed by atoms with Crippen molar-refractivity contribution in [2.75, 3.05) is 32.7 Å². The van der Waals surface area contributed by atoms with E-state index in [4.69, 9.17) is 5.73 Å². The van der Waals surface area contributed by atoms with Gasteiger partial charge in [0.25, 0.3) is 0 Å². The number of amides is 1. The van der Waals surface area contributed by atoms with Gasteiger partial charge in [0.1, 0.15) is 0 Å². The summed E-state index contributed by atoms with van der Waals surface area (Å²) in [5.41, 5.74) is 7.63. The number of halogens is 1. The van der Waals surface area contributed by atoms with Crippen molar-refractivity contribution in [1.29, 1.82) is 0 Å². The minimum absolute atomic E-state index is 0. The predicted molar refractivity (Wildman–Crippen MR) is 107 cm³/mol. The number of nitrogens with zero attached hydrogens (tertiary/aromatic N) is 2. The molecule has 0 spiro atoms. The lowest BCUT2D eigenvalue weighted by Gasteiger charge is -2.28. The Bertz CT molecular complexity index is 511. The smallest absolute Gasteiger partial charge is 0.236 e. The van der Waals surface area contributed by atoms with Crippen molar-refractivity contribution in [3.05, 3.63) is 35.9 Å². The fourth-order valence-corrected chi connectivity index (χ4v) is 3.55. The molecule has 1 aliphatic heterocycles. The SMILES string of the molecule is CC(C)CN(CC(C)C)C(=O)CN1C[C@@H](N)[C@H](c2ccccc2)C1.Cl. The third-order valence-corrected chi connectivity index (χ3v) is 4.55. The van der Waals surface area contributed by atoms with Crippen LogP contribution in [0, 0.1) is 11.8 Å². The molecular formula is C20H34ClN3O. The lowest BCUT2D eigenvalue weighted by Crippen LogP contribution is -2.43. The first-order valence-electron chi connectivity index (χ1n) is 9.17. The van der Waals surface area contributed by atoms with E-state index in [0.29, 0.717) is 24.3 Å². The van der Waals surface area contributed by atoms with Crippen molar-refractivity contribution >= 4 is 18.3 Å². The normalized spacial score (nSPS) is 20.8. The summed E-state index contributed by atoms with van der Waals surface area (Å²) in [6.07, 6.45) is 0. The molecule has 1 saturated heterocycles. The van der Waals surface area contributed by atoms with Gasteiger partial charge in [-0.15, -0.1) is 12.4 Å². The second-order valence-corrected chi connectivity index (χ2v) is 7.96. The van der Waals surface area contributed by atoms with E-state index in [1.165, 1.54) is 5.56 Å². The fraction of sp³-hybridized carbons (Fsp3) is 0.650. The summed E-state index contributed by atoms with van der Waals surface area (Å²) >= 11 is 0. The van der Waals surface area contributed by atoms with Gasteiger partial charge in [-0.25, -0.2) is 0 Å². The van der Waals surface area contributed by atoms with Gasteiger partial charge < -0.3 is 10.6 Å². The molecule has 2 N–H and O–H groups in total. The largest absolute Gasteiger partial charge is 0.341 e. The van der Waals surface area contributed by atoms with Gasteiger partial charge >= 0.3 is 0 Å². The van der Waals surface area contributed by atoms with Crippen LogP contribution in [0.25, 0.3) is 0 Å². The number of nitrogens with two attached hydrogens (primary N) is 1. The second-order valence-electron chi connectivity index (χ2n) is 7.96. The Morgan fingerprint density at radius 2 is 1.68 bits per heavy atom. The summed E-state index contributed by atoms with van der Waals surface area (Å²) in [5.74, 6) is 1.54. The van der Waals surface area contributed by atoms with Crippen LogP contribution in [-0.2, 0) is 4.79 Å². The molecule has 1 fully saturated rings. The Kier molecular flexibility index (Phi) is 8.91. The van der Waals surface area contributed by atoms with E-state index in [9.17, 15) is 4.79 Å². The molecule has 1 aromatic rings. The van der Waals surface area contributed by atoms with Gasteiger partial charge in [0.05, 0.1) is 6.54 Å². The fourth-order valence-electron chi connectivity index (χ4n) is 3.55. The molecule has 25 heavy (non-hydrogen) atoms. The van der Waals surface area contributed by atoms with Crippen molar-refractivity contribution in [2.24, 2.45) is 17.6 Å². The topological polar surface area (TPSA) is 49.6 Å². The third kappa shape index (κ3) is 6.61. The Morgan fingerprint density at radius 1 is 1.12 bits per heavy atom. The zero-order valence-corrected chi connectivity index (χ0v) is 16.8. The van der Waals surface area contributed by atoms with Gasteiger partial charge in [-0.1, -0.05) is 58.0 Å². The molecule has 0 aromatic heterocycles. The molecule has 0 aliphatic carbocycles. The van der Waals surface area contributed by atoms with Crippen LogP contribution in [-0.4, -0.2) is 54.5 Å². The number of hydrogen-bond donors (Lipinski definition) is 1. The van der Waals surface area contributed by atoms with E-state index in [1.807, 2.05) is 11.0 Å². The first kappa shape index (κ1) is 21.9. The van der Waals surface area contributed by atoms with Gasteiger partial charge in [0.15, 0.2) is 0 Å². The lowest BCUT2D eigenvalue weighted by molar-refractivity contribution is -0.133. The molecule has 0 saturated carbocycles. The molecule has 0 radical (unpaired) electrons. The van der Waals surface area contributed by atoms with Crippen LogP contribution < -0.4 is 5.73 Å². The van der Waals surface area contributed by atoms with Crippen molar-refractivity contribution in [1.82, 2.24) is 9.80 Å². The number of benzene rings is 1. The summed E-state index contributed by atoms with van der Waals surface area (Å²) in [4.78, 5) is 17.0. The Hall–Kier alpha value is -1.10. The molecule has 0 unspecified atom stereocenters. The van der Waals surface area contributed by atoms with Gasteiger partial charge in [-0.05, 0) is 17.4 Å². The Morgan fingerprint density at radius 3 is 2.20 bits per heavy atom. The van der Waals surface area contributed by atoms with Crippen molar-refractivity contribution < 1.29 is 4.79 Å². The highest BCUT2D eigenvalue weighted by Gasteiger charge is 2.32. The lowest BCUT2D eigenvalue weighted by atomic mass is 9.95. The molecule has 2 atom stereocenters. The minimum atomic E-state index is 0. The van der Waals surface area contributed by atoms with Crippen LogP contribution in [0.3, 0.4) is 0 Å². The zero-order chi connectivity index (χ0) is 17.7. The summed E-state index contributed by atoms with van der Waals surface area (Å²) in [7, 11) is 0. The standard InChI is InChI=1S/C20H33N3O.ClH/c1-15(2)10-23(11-16(3)4)20(24)14-22-12-18(19(21)13-22)17-8-6-5-7-9-17;/h5-9,15-16,18-19H,10-14,21H2,1-4H3;1H/t18-,19+;/m0./s1. The zero-order valence-electron chi connectivity index (χ0n) is 16.0. The summed E-state index contributed by atoms with van der Waals surface area (Å²) in [6.45, 7) is 12.5. The number of hydrogen-bond acceptors (Lipinski definition) is 3. The maximum absolute atomic E-state index is 12.8. The van der Waals surface area contributed by atoms with Crippen LogP contribution >= 0.6 is 12.4 Å². The van der Waals surface area contributed by atoms with Crippen molar-refractivity contribution in [3.8, 4) is 0 Å². The molecule has 2 rings (SSSR count). The van der Waals surface area contributed by atoms with Gasteiger partial charge in [-0.2, -0.15) is 0 Å². The van der Waals surface area contributed by atoms with Crippen LogP contribution in [0.5, 0.6) is 0 Å². The summed E-state index contributed by atoms with van der Waals surface area (Å²) < 4.78 is 0. The van der Waals surface area contributed by atoms with E-state index < -0.39 is 0 Å². The minimum Gasteiger partial charge on any atom is -0.341 e. The molecule has 0 bridgehead atoms. The van der Waals surface area contributed by atoms with Gasteiger partial charge in [0, 0.05) is 38.1 Å². The maximum atomic E-state index is 12.8. The predicted octanol–water partition coefficient (Wildman–Crippen LogP) is 2.98. The number of likely N-dealkylation sites (tertiary alicyclic amines) is 1. The van der Waals surface area contributed by atoms with E-state index in [1.54, 1.807) is 0 Å². The second kappa shape index (κ2) is 10.1. The maximum Gasteiger partial charge on any atom is 0.236 e. The first-order chi connectivity index (χ1) is 11.4. The highest BCUT2D eigenvalue weighted by atomic mass is 35.5. The van der Waals surface area contributed by atoms with E-state index in [2.05, 4.69) is 56.9 Å². The first-order valence-corrected chi connectivity index (χ1v) is 9.17. The summed E-state index contributed by atoms with van der Waals surface area (Å²) in [5, 5.41) is 0. The molecule has 1 heterocycles. The van der Waals surface area contributed by atoms with Crippen LogP contribution in [0.15, 0.2) is 30.3 Å². The molecular weight excluding hydrogens is 334 g/mol. The average molecular weight is 368 g/mol. The monoisotopic (exact) mass is 367 g/mol. The number of carbonyl (C=O) groups is 1. The molecule has 4 nitrogen and oxygen atoms in total. The van der Waals surface area contributed by atoms with Crippen LogP contribution in [0.1, 0.15) is 39.2 Å². The van der Waals surface area contributed by atoms with Gasteiger partial charge in [-0.3, -0.25) is 9.69 Å². The Labute approximate surface area is 159 Å². The van der Waals surface area contributed by atoms with E-state index in [-0.39, 0.29) is 24.4 Å². The van der Waals surface area contributed by atoms with Crippen LogP contribution in [0.4, 0.5) is 0 Å². The molecule has 1 amide bonds. The highest BCUT2D eigenvalue weighted by molar-refractivity contribution is 5.85. The van der Waals surface area contributed by atoms with E-state index in [0.717, 1.165) is 26.2 Å². The molecule has 5 heteroatoms. The van der Waals surface area contributed by atoms with Crippen molar-refractivity contribution in [2.45, 2.75) is 39.7 Å². The third-order valence-electron chi connectivity index (χ3n) is 4.55. The van der Waals surface area contributed by atoms with E-state index >= 15 is 0 Å². The molecule has 1 aromatic carbocycles. The van der Waals surface area contributed by atoms with Crippen molar-refractivity contribution in [3.63, 3.8) is 0 Å². The quantitative estimate of drug-likeness (QED) is 0.806. The summed E-state index contributed by atoms with van der Waals surface area (Å²) in [6, 6.07) is 10.5. The molecule has 142 valence electrons. The average Bonchev–Trinajstić information content (AvgIpc) is 2.87. The highest BCUT2D eigenvalue weighted by Crippen LogP contribution is 2.26. The molecule has 1 aliphatic rings. The number of carbonyl (C=O) groups excluding carboxylic acids is 1. The van der Waals surface area contributed by atoms with Crippen LogP contribution in [0.2, 0.25) is 0 Å². The number of rotatable bonds is 7.